The summed E-state index contributed by atoms with van der Waals surface area (Å²) in [4.78, 5) is 5.07. The number of hydrogen-bond donors (Lipinski definition) is 1. The molecule has 2 rings (SSSR count). The van der Waals surface area contributed by atoms with Crippen molar-refractivity contribution in [2.45, 2.75) is 17.0 Å². The molecule has 4 heteroatoms. The molecule has 0 atom stereocenters. The lowest BCUT2D eigenvalue weighted by Gasteiger charge is -2.01. The zero-order chi connectivity index (χ0) is 9.97. The van der Waals surface area contributed by atoms with Gasteiger partial charge in [-0.25, -0.2) is 4.98 Å². The highest BCUT2D eigenvalue weighted by atomic mass is 32.2. The minimum absolute atomic E-state index is 0.634. The Hall–Kier alpha value is -1.42. The predicted octanol–water partition coefficient (Wildman–Crippen LogP) is 2.72. The van der Waals surface area contributed by atoms with Crippen LogP contribution < -0.4 is 5.73 Å². The van der Waals surface area contributed by atoms with E-state index in [1.807, 2.05) is 25.1 Å². The van der Waals surface area contributed by atoms with Crippen molar-refractivity contribution in [3.63, 3.8) is 0 Å². The van der Waals surface area contributed by atoms with Crippen LogP contribution in [0.25, 0.3) is 0 Å². The fourth-order valence-electron chi connectivity index (χ4n) is 1.20. The Kier molecular flexibility index (Phi) is 2.45. The Bertz CT molecular complexity index is 405. The largest absolute Gasteiger partial charge is 0.440 e. The zero-order valence-electron chi connectivity index (χ0n) is 7.73. The lowest BCUT2D eigenvalue weighted by molar-refractivity contribution is 0.454. The summed E-state index contributed by atoms with van der Waals surface area (Å²) in [5, 5.41) is 0.634. The van der Waals surface area contributed by atoms with E-state index in [-0.39, 0.29) is 0 Å². The summed E-state index contributed by atoms with van der Waals surface area (Å²) in [5.74, 6) is 0. The first kappa shape index (κ1) is 9.15. The van der Waals surface area contributed by atoms with Crippen LogP contribution in [-0.4, -0.2) is 4.98 Å². The standard InChI is InChI=1S/C10H10N2OS/c1-7-4-8(11)6-9(5-7)14-10-12-2-3-13-10/h2-6H,11H2,1H3. The van der Waals surface area contributed by atoms with Crippen molar-refractivity contribution < 1.29 is 4.42 Å². The predicted molar refractivity (Wildman–Crippen MR) is 56.2 cm³/mol. The molecule has 0 amide bonds. The molecule has 0 aliphatic rings. The number of oxazole rings is 1. The van der Waals surface area contributed by atoms with Gasteiger partial charge in [0.2, 0.25) is 0 Å². The number of aryl methyl sites for hydroxylation is 1. The van der Waals surface area contributed by atoms with Gasteiger partial charge < -0.3 is 10.2 Å². The van der Waals surface area contributed by atoms with Crippen LogP contribution in [0.2, 0.25) is 0 Å². The Labute approximate surface area is 86.3 Å². The lowest BCUT2D eigenvalue weighted by atomic mass is 10.2. The molecule has 2 aromatic rings. The molecular weight excluding hydrogens is 196 g/mol. The minimum Gasteiger partial charge on any atom is -0.440 e. The van der Waals surface area contributed by atoms with Crippen molar-refractivity contribution in [1.82, 2.24) is 4.98 Å². The van der Waals surface area contributed by atoms with Crippen molar-refractivity contribution >= 4 is 17.4 Å². The van der Waals surface area contributed by atoms with Gasteiger partial charge in [0.1, 0.15) is 6.26 Å². The second kappa shape index (κ2) is 3.75. The average Bonchev–Trinajstić information content (AvgIpc) is 2.54. The van der Waals surface area contributed by atoms with Crippen LogP contribution in [0.3, 0.4) is 0 Å². The van der Waals surface area contributed by atoms with Gasteiger partial charge in [-0.1, -0.05) is 0 Å². The quantitative estimate of drug-likeness (QED) is 0.767. The van der Waals surface area contributed by atoms with Crippen molar-refractivity contribution in [3.05, 3.63) is 36.2 Å². The smallest absolute Gasteiger partial charge is 0.260 e. The molecule has 0 aliphatic carbocycles. The summed E-state index contributed by atoms with van der Waals surface area (Å²) in [5.41, 5.74) is 7.63. The Morgan fingerprint density at radius 3 is 2.86 bits per heavy atom. The maximum absolute atomic E-state index is 5.72. The molecule has 1 aromatic carbocycles. The van der Waals surface area contributed by atoms with Gasteiger partial charge in [-0.15, -0.1) is 0 Å². The molecule has 2 N–H and O–H groups in total. The normalized spacial score (nSPS) is 10.4. The van der Waals surface area contributed by atoms with Crippen molar-refractivity contribution in [2.75, 3.05) is 5.73 Å². The van der Waals surface area contributed by atoms with Crippen LogP contribution in [0, 0.1) is 6.92 Å². The summed E-state index contributed by atoms with van der Waals surface area (Å²) in [6, 6.07) is 5.88. The van der Waals surface area contributed by atoms with Crippen LogP contribution in [0.4, 0.5) is 5.69 Å². The molecule has 14 heavy (non-hydrogen) atoms. The van der Waals surface area contributed by atoms with E-state index >= 15 is 0 Å². The molecule has 1 aromatic heterocycles. The third-order valence-electron chi connectivity index (χ3n) is 1.69. The van der Waals surface area contributed by atoms with Crippen LogP contribution >= 0.6 is 11.8 Å². The number of nitrogens with zero attached hydrogens (tertiary/aromatic N) is 1. The van der Waals surface area contributed by atoms with Crippen LogP contribution in [0.1, 0.15) is 5.56 Å². The molecule has 0 unspecified atom stereocenters. The summed E-state index contributed by atoms with van der Waals surface area (Å²) in [7, 11) is 0. The second-order valence-electron chi connectivity index (χ2n) is 2.98. The second-order valence-corrected chi connectivity index (χ2v) is 4.00. The molecule has 1 heterocycles. The van der Waals surface area contributed by atoms with E-state index < -0.39 is 0 Å². The zero-order valence-corrected chi connectivity index (χ0v) is 8.54. The van der Waals surface area contributed by atoms with E-state index in [0.717, 1.165) is 16.1 Å². The van der Waals surface area contributed by atoms with Crippen LogP contribution in [0.5, 0.6) is 0 Å². The highest BCUT2D eigenvalue weighted by molar-refractivity contribution is 7.99. The minimum atomic E-state index is 0.634. The molecule has 0 saturated carbocycles. The van der Waals surface area contributed by atoms with Crippen LogP contribution in [0.15, 0.2) is 45.2 Å². The molecule has 0 aliphatic heterocycles. The van der Waals surface area contributed by atoms with Gasteiger partial charge >= 0.3 is 0 Å². The van der Waals surface area contributed by atoms with Gasteiger partial charge in [0.15, 0.2) is 0 Å². The molecular formula is C10H10N2OS. The van der Waals surface area contributed by atoms with Gasteiger partial charge in [-0.2, -0.15) is 0 Å². The number of nitrogens with two attached hydrogens (primary N) is 1. The molecule has 3 nitrogen and oxygen atoms in total. The molecule has 0 fully saturated rings. The van der Waals surface area contributed by atoms with Crippen molar-refractivity contribution in [1.29, 1.82) is 0 Å². The number of hydrogen-bond acceptors (Lipinski definition) is 4. The van der Waals surface area contributed by atoms with Gasteiger partial charge in [-0.3, -0.25) is 0 Å². The van der Waals surface area contributed by atoms with E-state index in [9.17, 15) is 0 Å². The van der Waals surface area contributed by atoms with E-state index in [2.05, 4.69) is 4.98 Å². The third-order valence-corrected chi connectivity index (χ3v) is 2.54. The molecule has 0 radical (unpaired) electrons. The van der Waals surface area contributed by atoms with E-state index in [4.69, 9.17) is 10.2 Å². The first-order valence-electron chi connectivity index (χ1n) is 4.18. The van der Waals surface area contributed by atoms with Gasteiger partial charge in [-0.05, 0) is 42.4 Å². The Morgan fingerprint density at radius 1 is 1.36 bits per heavy atom. The first-order chi connectivity index (χ1) is 6.74. The average molecular weight is 206 g/mol. The maximum Gasteiger partial charge on any atom is 0.260 e. The molecule has 72 valence electrons. The summed E-state index contributed by atoms with van der Waals surface area (Å²) in [6.07, 6.45) is 3.18. The first-order valence-corrected chi connectivity index (χ1v) is 5.00. The Morgan fingerprint density at radius 2 is 2.21 bits per heavy atom. The summed E-state index contributed by atoms with van der Waals surface area (Å²) < 4.78 is 5.13. The monoisotopic (exact) mass is 206 g/mol. The van der Waals surface area contributed by atoms with E-state index in [1.54, 1.807) is 12.5 Å². The number of anilines is 1. The van der Waals surface area contributed by atoms with E-state index in [0.29, 0.717) is 5.22 Å². The lowest BCUT2D eigenvalue weighted by Crippen LogP contribution is -1.86. The fraction of sp³-hybridized carbons (Fsp3) is 0.100. The molecule has 0 bridgehead atoms. The summed E-state index contributed by atoms with van der Waals surface area (Å²) >= 11 is 1.46. The number of aromatic nitrogens is 1. The van der Waals surface area contributed by atoms with E-state index in [1.165, 1.54) is 11.8 Å². The fourth-order valence-corrected chi connectivity index (χ4v) is 2.06. The van der Waals surface area contributed by atoms with Gasteiger partial charge in [0, 0.05) is 10.6 Å². The summed E-state index contributed by atoms with van der Waals surface area (Å²) in [6.45, 7) is 2.01. The number of nitrogen functional groups attached to an aromatic ring is 1. The third kappa shape index (κ3) is 2.09. The molecule has 0 spiro atoms. The highest BCUT2D eigenvalue weighted by Gasteiger charge is 2.02. The van der Waals surface area contributed by atoms with Gasteiger partial charge in [0.05, 0.1) is 6.20 Å². The maximum atomic E-state index is 5.72. The highest BCUT2D eigenvalue weighted by Crippen LogP contribution is 2.28. The van der Waals surface area contributed by atoms with Crippen LogP contribution in [-0.2, 0) is 0 Å². The molecule has 0 saturated heterocycles. The van der Waals surface area contributed by atoms with Gasteiger partial charge in [0.25, 0.3) is 5.22 Å². The topological polar surface area (TPSA) is 52.0 Å². The Balaban J connectivity index is 2.25. The number of benzene rings is 1. The number of rotatable bonds is 2. The van der Waals surface area contributed by atoms with Crippen molar-refractivity contribution in [2.24, 2.45) is 0 Å². The van der Waals surface area contributed by atoms with Crippen molar-refractivity contribution in [3.8, 4) is 0 Å². The SMILES string of the molecule is Cc1cc(N)cc(Sc2ncco2)c1.